The summed E-state index contributed by atoms with van der Waals surface area (Å²) in [6.45, 7) is 3.41. The minimum absolute atomic E-state index is 0.0700. The fraction of sp³-hybridized carbons (Fsp3) is 0.318. The maximum atomic E-state index is 12.3. The molecule has 0 unspecified atom stereocenters. The maximum Gasteiger partial charge on any atom is 0.238 e. The highest BCUT2D eigenvalue weighted by Crippen LogP contribution is 2.24. The molecule has 32 heavy (non-hydrogen) atoms. The van der Waals surface area contributed by atoms with Crippen molar-refractivity contribution < 1.29 is 13.2 Å². The third-order valence-electron chi connectivity index (χ3n) is 4.73. The number of anilines is 1. The first-order valence-electron chi connectivity index (χ1n) is 10.4. The average Bonchev–Trinajstić information content (AvgIpc) is 2.77. The molecular weight excluding hydrogens is 446 g/mol. The summed E-state index contributed by atoms with van der Waals surface area (Å²) < 4.78 is 22.6. The Balaban J connectivity index is 1.53. The summed E-state index contributed by atoms with van der Waals surface area (Å²) in [5.41, 5.74) is 1.75. The van der Waals surface area contributed by atoms with Crippen LogP contribution in [0.15, 0.2) is 58.6 Å². The normalized spacial score (nSPS) is 11.4. The zero-order chi connectivity index (χ0) is 23.0. The van der Waals surface area contributed by atoms with Crippen molar-refractivity contribution in [3.63, 3.8) is 0 Å². The number of hydrogen-bond donors (Lipinski definition) is 3. The number of benzene rings is 2. The number of primary sulfonamides is 1. The lowest BCUT2D eigenvalue weighted by atomic mass is 10.1. The number of hydrogen-bond acceptors (Lipinski definition) is 7. The number of unbranched alkanes of at least 4 members (excludes halogenated alkanes) is 1. The van der Waals surface area contributed by atoms with Crippen molar-refractivity contribution in [3.8, 4) is 0 Å². The van der Waals surface area contributed by atoms with Crippen molar-refractivity contribution in [1.29, 1.82) is 0 Å². The molecule has 1 heterocycles. The van der Waals surface area contributed by atoms with Crippen LogP contribution in [0.2, 0.25) is 0 Å². The maximum absolute atomic E-state index is 12.3. The first-order chi connectivity index (χ1) is 15.4. The van der Waals surface area contributed by atoms with Crippen molar-refractivity contribution in [2.45, 2.75) is 36.2 Å². The molecule has 0 saturated carbocycles. The Kier molecular flexibility index (Phi) is 8.43. The average molecular weight is 474 g/mol. The van der Waals surface area contributed by atoms with Crippen LogP contribution >= 0.6 is 11.8 Å². The van der Waals surface area contributed by atoms with E-state index in [1.165, 1.54) is 23.9 Å². The molecule has 4 N–H and O–H groups in total. The third-order valence-corrected chi connectivity index (χ3v) is 6.50. The van der Waals surface area contributed by atoms with E-state index < -0.39 is 10.0 Å². The first kappa shape index (κ1) is 24.0. The van der Waals surface area contributed by atoms with E-state index in [-0.39, 0.29) is 16.6 Å². The molecule has 0 spiro atoms. The van der Waals surface area contributed by atoms with Gasteiger partial charge >= 0.3 is 0 Å². The van der Waals surface area contributed by atoms with Crippen molar-refractivity contribution in [3.05, 3.63) is 54.1 Å². The van der Waals surface area contributed by atoms with Gasteiger partial charge in [-0.2, -0.15) is 0 Å². The number of rotatable bonds is 11. The molecule has 1 amide bonds. The lowest BCUT2D eigenvalue weighted by Gasteiger charge is -2.10. The monoisotopic (exact) mass is 473 g/mol. The number of sulfonamides is 1. The molecule has 0 saturated heterocycles. The molecule has 170 valence electrons. The van der Waals surface area contributed by atoms with E-state index in [1.807, 2.05) is 24.3 Å². The largest absolute Gasteiger partial charge is 0.369 e. The number of nitrogens with zero attached hydrogens (tertiary/aromatic N) is 2. The quantitative estimate of drug-likeness (QED) is 0.222. The zero-order valence-electron chi connectivity index (χ0n) is 17.9. The molecule has 10 heteroatoms. The predicted octanol–water partition coefficient (Wildman–Crippen LogP) is 2.94. The van der Waals surface area contributed by atoms with E-state index >= 15 is 0 Å². The van der Waals surface area contributed by atoms with E-state index in [9.17, 15) is 13.2 Å². The van der Waals surface area contributed by atoms with Gasteiger partial charge in [0.25, 0.3) is 0 Å². The van der Waals surface area contributed by atoms with Crippen LogP contribution in [0.25, 0.3) is 10.9 Å². The highest BCUT2D eigenvalue weighted by molar-refractivity contribution is 7.99. The highest BCUT2D eigenvalue weighted by atomic mass is 32.2. The predicted molar refractivity (Wildman–Crippen MR) is 128 cm³/mol. The summed E-state index contributed by atoms with van der Waals surface area (Å²) in [7, 11) is -3.70. The molecule has 1 aromatic heterocycles. The van der Waals surface area contributed by atoms with Gasteiger partial charge in [-0.05, 0) is 42.7 Å². The van der Waals surface area contributed by atoms with Gasteiger partial charge < -0.3 is 10.6 Å². The van der Waals surface area contributed by atoms with Gasteiger partial charge in [0.15, 0.2) is 5.16 Å². The lowest BCUT2D eigenvalue weighted by Crippen LogP contribution is -2.27. The number of fused-ring (bicyclic) bond motifs is 1. The minimum Gasteiger partial charge on any atom is -0.369 e. The van der Waals surface area contributed by atoms with Crippen LogP contribution in [0.4, 0.5) is 5.82 Å². The molecule has 0 atom stereocenters. The van der Waals surface area contributed by atoms with Gasteiger partial charge in [0.1, 0.15) is 5.82 Å². The molecule has 2 aromatic carbocycles. The van der Waals surface area contributed by atoms with Gasteiger partial charge in [-0.1, -0.05) is 49.4 Å². The van der Waals surface area contributed by atoms with Gasteiger partial charge in [0, 0.05) is 18.5 Å². The molecule has 8 nitrogen and oxygen atoms in total. The molecule has 3 aromatic rings. The van der Waals surface area contributed by atoms with E-state index in [1.54, 1.807) is 12.1 Å². The van der Waals surface area contributed by atoms with Crippen LogP contribution in [-0.2, 0) is 21.2 Å². The minimum atomic E-state index is -3.70. The molecule has 3 rings (SSSR count). The van der Waals surface area contributed by atoms with Crippen LogP contribution in [0.1, 0.15) is 25.3 Å². The number of nitrogens with one attached hydrogen (secondary N) is 2. The number of thioether (sulfide) groups is 1. The first-order valence-corrected chi connectivity index (χ1v) is 12.9. The second kappa shape index (κ2) is 11.3. The topological polar surface area (TPSA) is 127 Å². The second-order valence-electron chi connectivity index (χ2n) is 7.23. The molecule has 0 bridgehead atoms. The summed E-state index contributed by atoms with van der Waals surface area (Å²) in [6.07, 6.45) is 2.72. The van der Waals surface area contributed by atoms with E-state index in [0.717, 1.165) is 41.7 Å². The van der Waals surface area contributed by atoms with Gasteiger partial charge in [-0.15, -0.1) is 0 Å². The van der Waals surface area contributed by atoms with E-state index in [0.29, 0.717) is 18.1 Å². The molecule has 0 aliphatic carbocycles. The second-order valence-corrected chi connectivity index (χ2v) is 9.73. The Hall–Kier alpha value is -2.69. The van der Waals surface area contributed by atoms with Crippen LogP contribution in [0, 0.1) is 0 Å². The van der Waals surface area contributed by atoms with Gasteiger partial charge in [-0.25, -0.2) is 23.5 Å². The van der Waals surface area contributed by atoms with Crippen molar-refractivity contribution in [1.82, 2.24) is 15.3 Å². The van der Waals surface area contributed by atoms with E-state index in [4.69, 9.17) is 5.14 Å². The number of carbonyl (C=O) groups is 1. The SMILES string of the molecule is CCCCNc1nc(SCC(=O)NCCc2ccc(S(N)(=O)=O)cc2)nc2ccccc12. The Labute approximate surface area is 192 Å². The number of para-hydroxylation sites is 1. The number of carbonyl (C=O) groups excluding carboxylic acids is 1. The number of aromatic nitrogens is 2. The zero-order valence-corrected chi connectivity index (χ0v) is 19.5. The summed E-state index contributed by atoms with van der Waals surface area (Å²) in [5.74, 6) is 0.875. The number of amides is 1. The molecule has 0 aliphatic heterocycles. The lowest BCUT2D eigenvalue weighted by molar-refractivity contribution is -0.118. The molecule has 0 aliphatic rings. The van der Waals surface area contributed by atoms with E-state index in [2.05, 4.69) is 27.5 Å². The summed E-state index contributed by atoms with van der Waals surface area (Å²) in [4.78, 5) is 21.5. The standard InChI is InChI=1S/C22H27N5O3S2/c1-2-3-13-25-21-18-6-4-5-7-19(18)26-22(27-21)31-15-20(28)24-14-12-16-8-10-17(11-9-16)32(23,29)30/h4-11H,2-3,12-15H2,1H3,(H,24,28)(H2,23,29,30)(H,25,26,27). The van der Waals surface area contributed by atoms with Gasteiger partial charge in [0.2, 0.25) is 15.9 Å². The highest BCUT2D eigenvalue weighted by Gasteiger charge is 2.10. The molecular formula is C22H27N5O3S2. The van der Waals surface area contributed by atoms with Crippen molar-refractivity contribution in [2.75, 3.05) is 24.2 Å². The van der Waals surface area contributed by atoms with Crippen LogP contribution < -0.4 is 15.8 Å². The van der Waals surface area contributed by atoms with Crippen LogP contribution in [0.5, 0.6) is 0 Å². The Morgan fingerprint density at radius 3 is 2.53 bits per heavy atom. The Morgan fingerprint density at radius 2 is 1.81 bits per heavy atom. The summed E-state index contributed by atoms with van der Waals surface area (Å²) in [6, 6.07) is 14.1. The van der Waals surface area contributed by atoms with Crippen molar-refractivity contribution >= 4 is 44.4 Å². The Bertz CT molecular complexity index is 1170. The third kappa shape index (κ3) is 6.91. The summed E-state index contributed by atoms with van der Waals surface area (Å²) in [5, 5.41) is 12.9. The fourth-order valence-electron chi connectivity index (χ4n) is 3.01. The van der Waals surface area contributed by atoms with Crippen LogP contribution in [0.3, 0.4) is 0 Å². The van der Waals surface area contributed by atoms with Gasteiger partial charge in [-0.3, -0.25) is 4.79 Å². The summed E-state index contributed by atoms with van der Waals surface area (Å²) >= 11 is 1.29. The van der Waals surface area contributed by atoms with Gasteiger partial charge in [0.05, 0.1) is 16.2 Å². The smallest absolute Gasteiger partial charge is 0.238 e. The van der Waals surface area contributed by atoms with Crippen LogP contribution in [-0.4, -0.2) is 43.1 Å². The van der Waals surface area contributed by atoms with Crippen molar-refractivity contribution in [2.24, 2.45) is 5.14 Å². The molecule has 0 fully saturated rings. The number of nitrogens with two attached hydrogens (primary N) is 1. The molecule has 0 radical (unpaired) electrons. The fourth-order valence-corrected chi connectivity index (χ4v) is 4.21. The Morgan fingerprint density at radius 1 is 1.06 bits per heavy atom.